The van der Waals surface area contributed by atoms with Crippen LogP contribution in [-0.2, 0) is 0 Å². The van der Waals surface area contributed by atoms with E-state index in [0.29, 0.717) is 0 Å². The first-order valence-corrected chi connectivity index (χ1v) is 7.30. The fourth-order valence-corrected chi connectivity index (χ4v) is 3.01. The molecule has 0 aliphatic heterocycles. The number of aliphatic hydroxyl groups excluding tert-OH is 2. The molecule has 1 aromatic rings. The molecule has 19 heavy (non-hydrogen) atoms. The number of benzene rings is 1. The van der Waals surface area contributed by atoms with E-state index in [4.69, 9.17) is 0 Å². The second-order valence-corrected chi connectivity index (χ2v) is 5.75. The standard InChI is InChI=1S/C16H25NO2/c18-11-15(14-7-3-1-4-8-14)17-12-16(13-19)9-5-2-6-10-16/h1,3-4,7-8,15,17-19H,2,5-6,9-13H2/t15-/m1/s1. The van der Waals surface area contributed by atoms with Gasteiger partial charge in [-0.3, -0.25) is 0 Å². The molecule has 0 bridgehead atoms. The zero-order valence-corrected chi connectivity index (χ0v) is 11.5. The van der Waals surface area contributed by atoms with Crippen LogP contribution in [0.1, 0.15) is 43.7 Å². The Hall–Kier alpha value is -0.900. The summed E-state index contributed by atoms with van der Waals surface area (Å²) in [7, 11) is 0. The molecule has 0 radical (unpaired) electrons. The van der Waals surface area contributed by atoms with E-state index in [9.17, 15) is 10.2 Å². The summed E-state index contributed by atoms with van der Waals surface area (Å²) in [6.07, 6.45) is 5.87. The summed E-state index contributed by atoms with van der Waals surface area (Å²) in [6, 6.07) is 9.98. The highest BCUT2D eigenvalue weighted by Crippen LogP contribution is 2.35. The molecule has 1 aliphatic rings. The van der Waals surface area contributed by atoms with Crippen molar-refractivity contribution in [3.05, 3.63) is 35.9 Å². The van der Waals surface area contributed by atoms with Crippen molar-refractivity contribution in [1.29, 1.82) is 0 Å². The van der Waals surface area contributed by atoms with E-state index >= 15 is 0 Å². The first-order chi connectivity index (χ1) is 9.29. The van der Waals surface area contributed by atoms with E-state index in [1.54, 1.807) is 0 Å². The minimum absolute atomic E-state index is 0.0143. The fourth-order valence-electron chi connectivity index (χ4n) is 3.01. The normalized spacial score (nSPS) is 20.1. The molecule has 3 heteroatoms. The maximum Gasteiger partial charge on any atom is 0.0626 e. The molecule has 1 aliphatic carbocycles. The third-order valence-corrected chi connectivity index (χ3v) is 4.36. The SMILES string of the molecule is OC[C@@H](NCC1(CO)CCCCC1)c1ccccc1. The lowest BCUT2D eigenvalue weighted by Gasteiger charge is -2.37. The Bertz CT molecular complexity index is 360. The van der Waals surface area contributed by atoms with Gasteiger partial charge in [0.1, 0.15) is 0 Å². The molecule has 0 spiro atoms. The quantitative estimate of drug-likeness (QED) is 0.738. The van der Waals surface area contributed by atoms with Crippen LogP contribution in [0.2, 0.25) is 0 Å². The Morgan fingerprint density at radius 1 is 1.05 bits per heavy atom. The molecule has 0 saturated heterocycles. The van der Waals surface area contributed by atoms with Gasteiger partial charge in [-0.25, -0.2) is 0 Å². The Balaban J connectivity index is 1.95. The number of rotatable bonds is 6. The third kappa shape index (κ3) is 3.78. The van der Waals surface area contributed by atoms with Gasteiger partial charge in [-0.1, -0.05) is 49.6 Å². The van der Waals surface area contributed by atoms with Crippen molar-refractivity contribution in [3.63, 3.8) is 0 Å². The first-order valence-electron chi connectivity index (χ1n) is 7.30. The Kier molecular flexibility index (Phi) is 5.37. The van der Waals surface area contributed by atoms with Gasteiger partial charge < -0.3 is 15.5 Å². The van der Waals surface area contributed by atoms with Crippen molar-refractivity contribution in [2.24, 2.45) is 5.41 Å². The zero-order chi connectivity index (χ0) is 13.6. The molecule has 1 saturated carbocycles. The average molecular weight is 263 g/mol. The van der Waals surface area contributed by atoms with E-state index in [1.807, 2.05) is 30.3 Å². The van der Waals surface area contributed by atoms with Gasteiger partial charge in [-0.15, -0.1) is 0 Å². The number of hydrogen-bond donors (Lipinski definition) is 3. The number of aliphatic hydroxyl groups is 2. The summed E-state index contributed by atoms with van der Waals surface area (Å²) >= 11 is 0. The van der Waals surface area contributed by atoms with Crippen LogP contribution in [0.15, 0.2) is 30.3 Å². The van der Waals surface area contributed by atoms with Crippen molar-refractivity contribution in [3.8, 4) is 0 Å². The molecule has 1 aromatic carbocycles. The van der Waals surface area contributed by atoms with Gasteiger partial charge >= 0.3 is 0 Å². The van der Waals surface area contributed by atoms with Crippen LogP contribution in [0.3, 0.4) is 0 Å². The van der Waals surface area contributed by atoms with Gasteiger partial charge in [0.15, 0.2) is 0 Å². The molecule has 0 aromatic heterocycles. The molecule has 1 fully saturated rings. The van der Waals surface area contributed by atoms with E-state index in [2.05, 4.69) is 5.32 Å². The van der Waals surface area contributed by atoms with Gasteiger partial charge in [-0.05, 0) is 18.4 Å². The van der Waals surface area contributed by atoms with Gasteiger partial charge in [0.2, 0.25) is 0 Å². The molecule has 0 amide bonds. The van der Waals surface area contributed by atoms with Gasteiger partial charge in [0.05, 0.1) is 12.6 Å². The zero-order valence-electron chi connectivity index (χ0n) is 11.5. The second kappa shape index (κ2) is 7.04. The van der Waals surface area contributed by atoms with Crippen molar-refractivity contribution >= 4 is 0 Å². The van der Waals surface area contributed by atoms with Crippen LogP contribution in [0, 0.1) is 5.41 Å². The molecule has 0 heterocycles. The summed E-state index contributed by atoms with van der Waals surface area (Å²) in [6.45, 7) is 1.11. The minimum atomic E-state index is -0.0356. The lowest BCUT2D eigenvalue weighted by Crippen LogP contribution is -2.41. The van der Waals surface area contributed by atoms with Crippen LogP contribution >= 0.6 is 0 Å². The monoisotopic (exact) mass is 263 g/mol. The van der Waals surface area contributed by atoms with Crippen molar-refractivity contribution in [1.82, 2.24) is 5.32 Å². The largest absolute Gasteiger partial charge is 0.396 e. The lowest BCUT2D eigenvalue weighted by atomic mass is 9.74. The molecule has 2 rings (SSSR count). The summed E-state index contributed by atoms with van der Waals surface area (Å²) < 4.78 is 0. The molecular weight excluding hydrogens is 238 g/mol. The van der Waals surface area contributed by atoms with Gasteiger partial charge in [0.25, 0.3) is 0 Å². The summed E-state index contributed by atoms with van der Waals surface area (Å²) in [4.78, 5) is 0. The van der Waals surface area contributed by atoms with E-state index in [0.717, 1.165) is 24.9 Å². The van der Waals surface area contributed by atoms with Crippen LogP contribution in [0.25, 0.3) is 0 Å². The first kappa shape index (κ1) is 14.5. The molecule has 1 atom stereocenters. The predicted molar refractivity (Wildman–Crippen MR) is 76.9 cm³/mol. The second-order valence-electron chi connectivity index (χ2n) is 5.75. The Morgan fingerprint density at radius 2 is 1.74 bits per heavy atom. The van der Waals surface area contributed by atoms with E-state index in [1.165, 1.54) is 19.3 Å². The van der Waals surface area contributed by atoms with Gasteiger partial charge in [0, 0.05) is 18.6 Å². The van der Waals surface area contributed by atoms with E-state index in [-0.39, 0.29) is 24.7 Å². The molecule has 106 valence electrons. The average Bonchev–Trinajstić information content (AvgIpc) is 2.50. The molecule has 3 N–H and O–H groups in total. The smallest absolute Gasteiger partial charge is 0.0626 e. The van der Waals surface area contributed by atoms with Crippen molar-refractivity contribution in [2.75, 3.05) is 19.8 Å². The van der Waals surface area contributed by atoms with Crippen LogP contribution < -0.4 is 5.32 Å². The highest BCUT2D eigenvalue weighted by molar-refractivity contribution is 5.19. The van der Waals surface area contributed by atoms with Crippen LogP contribution in [0.4, 0.5) is 0 Å². The Morgan fingerprint density at radius 3 is 2.32 bits per heavy atom. The minimum Gasteiger partial charge on any atom is -0.396 e. The lowest BCUT2D eigenvalue weighted by molar-refractivity contribution is 0.0749. The van der Waals surface area contributed by atoms with Crippen LogP contribution in [-0.4, -0.2) is 30.0 Å². The number of hydrogen-bond acceptors (Lipinski definition) is 3. The Labute approximate surface area is 115 Å². The fraction of sp³-hybridized carbons (Fsp3) is 0.625. The number of nitrogens with one attached hydrogen (secondary N) is 1. The molecular formula is C16H25NO2. The third-order valence-electron chi connectivity index (χ3n) is 4.36. The van der Waals surface area contributed by atoms with Gasteiger partial charge in [-0.2, -0.15) is 0 Å². The van der Waals surface area contributed by atoms with Crippen molar-refractivity contribution < 1.29 is 10.2 Å². The maximum absolute atomic E-state index is 9.70. The van der Waals surface area contributed by atoms with Crippen LogP contribution in [0.5, 0.6) is 0 Å². The highest BCUT2D eigenvalue weighted by atomic mass is 16.3. The summed E-state index contributed by atoms with van der Waals surface area (Å²) in [5.74, 6) is 0. The van der Waals surface area contributed by atoms with Crippen molar-refractivity contribution in [2.45, 2.75) is 38.1 Å². The summed E-state index contributed by atoms with van der Waals surface area (Å²) in [5, 5.41) is 22.7. The highest BCUT2D eigenvalue weighted by Gasteiger charge is 2.31. The van der Waals surface area contributed by atoms with E-state index < -0.39 is 0 Å². The molecule has 3 nitrogen and oxygen atoms in total. The summed E-state index contributed by atoms with van der Waals surface area (Å²) in [5.41, 5.74) is 1.12. The predicted octanol–water partition coefficient (Wildman–Crippen LogP) is 2.25. The topological polar surface area (TPSA) is 52.5 Å². The maximum atomic E-state index is 9.70. The molecule has 0 unspecified atom stereocenters.